The van der Waals surface area contributed by atoms with Crippen molar-refractivity contribution in [3.63, 3.8) is 0 Å². The summed E-state index contributed by atoms with van der Waals surface area (Å²) in [6, 6.07) is 10.6. The SMILES string of the molecule is COc1ccc(N(CC(=O)N(Cc2cccc(Cl)c2)C(C)C(=O)NC(C)(C)C)S(C)(=O)=O)cc1OC. The summed E-state index contributed by atoms with van der Waals surface area (Å²) in [6.45, 7) is 6.64. The second kappa shape index (κ2) is 11.8. The van der Waals surface area contributed by atoms with Crippen molar-refractivity contribution in [3.05, 3.63) is 53.1 Å². The van der Waals surface area contributed by atoms with Crippen LogP contribution in [0.25, 0.3) is 0 Å². The van der Waals surface area contributed by atoms with Gasteiger partial charge < -0.3 is 19.7 Å². The van der Waals surface area contributed by atoms with Gasteiger partial charge in [0.15, 0.2) is 11.5 Å². The zero-order valence-electron chi connectivity index (χ0n) is 21.7. The molecule has 0 bridgehead atoms. The number of ether oxygens (including phenoxy) is 2. The highest BCUT2D eigenvalue weighted by Crippen LogP contribution is 2.32. The van der Waals surface area contributed by atoms with E-state index in [9.17, 15) is 18.0 Å². The lowest BCUT2D eigenvalue weighted by molar-refractivity contribution is -0.140. The zero-order chi connectivity index (χ0) is 27.3. The normalized spacial score (nSPS) is 12.4. The van der Waals surface area contributed by atoms with Crippen LogP contribution in [0.3, 0.4) is 0 Å². The first-order chi connectivity index (χ1) is 16.7. The minimum absolute atomic E-state index is 0.0572. The Morgan fingerprint density at radius 2 is 1.69 bits per heavy atom. The van der Waals surface area contributed by atoms with Crippen molar-refractivity contribution in [2.45, 2.75) is 45.8 Å². The van der Waals surface area contributed by atoms with E-state index in [1.54, 1.807) is 37.3 Å². The van der Waals surface area contributed by atoms with Crippen LogP contribution in [-0.4, -0.2) is 63.7 Å². The van der Waals surface area contributed by atoms with Crippen molar-refractivity contribution in [1.82, 2.24) is 10.2 Å². The molecule has 198 valence electrons. The molecule has 2 aromatic carbocycles. The average Bonchev–Trinajstić information content (AvgIpc) is 2.78. The van der Waals surface area contributed by atoms with Crippen molar-refractivity contribution >= 4 is 39.1 Å². The molecule has 9 nitrogen and oxygen atoms in total. The number of carbonyl (C=O) groups is 2. The number of sulfonamides is 1. The van der Waals surface area contributed by atoms with Gasteiger partial charge in [0.05, 0.1) is 26.2 Å². The maximum absolute atomic E-state index is 13.6. The van der Waals surface area contributed by atoms with Crippen molar-refractivity contribution in [2.24, 2.45) is 0 Å². The number of anilines is 1. The highest BCUT2D eigenvalue weighted by Gasteiger charge is 2.31. The predicted molar refractivity (Wildman–Crippen MR) is 141 cm³/mol. The van der Waals surface area contributed by atoms with Gasteiger partial charge in [0.25, 0.3) is 0 Å². The number of hydrogen-bond acceptors (Lipinski definition) is 6. The monoisotopic (exact) mass is 539 g/mol. The number of halogens is 1. The minimum Gasteiger partial charge on any atom is -0.493 e. The van der Waals surface area contributed by atoms with Crippen molar-refractivity contribution in [3.8, 4) is 11.5 Å². The summed E-state index contributed by atoms with van der Waals surface area (Å²) in [5, 5.41) is 3.35. The number of nitrogens with one attached hydrogen (secondary N) is 1. The van der Waals surface area contributed by atoms with Gasteiger partial charge in [-0.15, -0.1) is 0 Å². The molecule has 1 atom stereocenters. The molecule has 11 heteroatoms. The molecular formula is C25H34ClN3O6S. The first kappa shape index (κ1) is 29.3. The van der Waals surface area contributed by atoms with E-state index in [0.29, 0.717) is 22.1 Å². The topological polar surface area (TPSA) is 105 Å². The summed E-state index contributed by atoms with van der Waals surface area (Å²) in [5.74, 6) is -0.206. The van der Waals surface area contributed by atoms with Crippen LogP contribution in [0.1, 0.15) is 33.3 Å². The fraction of sp³-hybridized carbons (Fsp3) is 0.440. The lowest BCUT2D eigenvalue weighted by Gasteiger charge is -2.33. The Labute approximate surface area is 218 Å². The zero-order valence-corrected chi connectivity index (χ0v) is 23.2. The number of carbonyl (C=O) groups excluding carboxylic acids is 2. The van der Waals surface area contributed by atoms with E-state index in [0.717, 1.165) is 10.6 Å². The van der Waals surface area contributed by atoms with Gasteiger partial charge in [-0.05, 0) is 57.5 Å². The molecule has 0 spiro atoms. The molecule has 0 radical (unpaired) electrons. The van der Waals surface area contributed by atoms with Gasteiger partial charge in [-0.25, -0.2) is 8.42 Å². The van der Waals surface area contributed by atoms with E-state index in [1.165, 1.54) is 31.3 Å². The molecule has 2 aromatic rings. The Kier molecular flexibility index (Phi) is 9.62. The molecule has 2 rings (SSSR count). The van der Waals surface area contributed by atoms with Crippen molar-refractivity contribution in [2.75, 3.05) is 31.3 Å². The van der Waals surface area contributed by atoms with E-state index in [2.05, 4.69) is 5.32 Å². The molecular weight excluding hydrogens is 506 g/mol. The third kappa shape index (κ3) is 8.03. The summed E-state index contributed by atoms with van der Waals surface area (Å²) in [4.78, 5) is 27.9. The van der Waals surface area contributed by atoms with Crippen LogP contribution < -0.4 is 19.1 Å². The van der Waals surface area contributed by atoms with Crippen LogP contribution in [0.4, 0.5) is 5.69 Å². The molecule has 0 aliphatic carbocycles. The van der Waals surface area contributed by atoms with Crippen LogP contribution in [0.5, 0.6) is 11.5 Å². The molecule has 0 saturated carbocycles. The van der Waals surface area contributed by atoms with E-state index < -0.39 is 34.1 Å². The van der Waals surface area contributed by atoms with Gasteiger partial charge in [0, 0.05) is 23.2 Å². The molecule has 1 N–H and O–H groups in total. The summed E-state index contributed by atoms with van der Waals surface area (Å²) in [6.07, 6.45) is 1.01. The van der Waals surface area contributed by atoms with Crippen LogP contribution >= 0.6 is 11.6 Å². The molecule has 0 heterocycles. The number of hydrogen-bond donors (Lipinski definition) is 1. The second-order valence-electron chi connectivity index (χ2n) is 9.38. The number of methoxy groups -OCH3 is 2. The van der Waals surface area contributed by atoms with E-state index >= 15 is 0 Å². The van der Waals surface area contributed by atoms with E-state index in [4.69, 9.17) is 21.1 Å². The largest absolute Gasteiger partial charge is 0.493 e. The van der Waals surface area contributed by atoms with Crippen molar-refractivity contribution < 1.29 is 27.5 Å². The highest BCUT2D eigenvalue weighted by atomic mass is 35.5. The molecule has 2 amide bonds. The molecule has 1 unspecified atom stereocenters. The smallest absolute Gasteiger partial charge is 0.244 e. The van der Waals surface area contributed by atoms with Crippen LogP contribution in [0.15, 0.2) is 42.5 Å². The first-order valence-corrected chi connectivity index (χ1v) is 13.4. The maximum Gasteiger partial charge on any atom is 0.244 e. The molecule has 0 fully saturated rings. The summed E-state index contributed by atoms with van der Waals surface area (Å²) >= 11 is 6.12. The molecule has 0 aliphatic rings. The van der Waals surface area contributed by atoms with Crippen LogP contribution in [-0.2, 0) is 26.2 Å². The Morgan fingerprint density at radius 1 is 1.06 bits per heavy atom. The number of benzene rings is 2. The minimum atomic E-state index is -3.88. The third-order valence-corrected chi connectivity index (χ3v) is 6.62. The fourth-order valence-electron chi connectivity index (χ4n) is 3.48. The lowest BCUT2D eigenvalue weighted by atomic mass is 10.1. The van der Waals surface area contributed by atoms with E-state index in [-0.39, 0.29) is 18.1 Å². The Balaban J connectivity index is 2.46. The molecule has 0 aliphatic heterocycles. The Bertz CT molecular complexity index is 1200. The average molecular weight is 540 g/mol. The first-order valence-electron chi connectivity index (χ1n) is 11.2. The predicted octanol–water partition coefficient (Wildman–Crippen LogP) is 3.46. The maximum atomic E-state index is 13.6. The molecule has 0 aromatic heterocycles. The van der Waals surface area contributed by atoms with Crippen LogP contribution in [0.2, 0.25) is 5.02 Å². The fourth-order valence-corrected chi connectivity index (χ4v) is 4.54. The summed E-state index contributed by atoms with van der Waals surface area (Å²) in [7, 11) is -0.982. The van der Waals surface area contributed by atoms with Gasteiger partial charge in [0.1, 0.15) is 12.6 Å². The van der Waals surface area contributed by atoms with Gasteiger partial charge in [-0.1, -0.05) is 23.7 Å². The number of nitrogens with zero attached hydrogens (tertiary/aromatic N) is 2. The van der Waals surface area contributed by atoms with Gasteiger partial charge in [-0.3, -0.25) is 13.9 Å². The molecule has 36 heavy (non-hydrogen) atoms. The van der Waals surface area contributed by atoms with Crippen molar-refractivity contribution in [1.29, 1.82) is 0 Å². The summed E-state index contributed by atoms with van der Waals surface area (Å²) < 4.78 is 36.9. The van der Waals surface area contributed by atoms with E-state index in [1.807, 2.05) is 20.8 Å². The highest BCUT2D eigenvalue weighted by molar-refractivity contribution is 7.92. The Morgan fingerprint density at radius 3 is 2.22 bits per heavy atom. The lowest BCUT2D eigenvalue weighted by Crippen LogP contribution is -2.54. The van der Waals surface area contributed by atoms with Gasteiger partial charge >= 0.3 is 0 Å². The standard InChI is InChI=1S/C25H34ClN3O6S/c1-17(24(31)27-25(2,3)4)28(15-18-9-8-10-19(26)13-18)23(30)16-29(36(7,32)33)20-11-12-21(34-5)22(14-20)35-6/h8-14,17H,15-16H2,1-7H3,(H,27,31). The number of rotatable bonds is 10. The van der Waals surface area contributed by atoms with Gasteiger partial charge in [-0.2, -0.15) is 0 Å². The third-order valence-electron chi connectivity index (χ3n) is 5.24. The summed E-state index contributed by atoms with van der Waals surface area (Å²) in [5.41, 5.74) is 0.399. The Hall–Kier alpha value is -2.98. The quantitative estimate of drug-likeness (QED) is 0.496. The molecule has 0 saturated heterocycles. The van der Waals surface area contributed by atoms with Crippen LogP contribution in [0, 0.1) is 0 Å². The second-order valence-corrected chi connectivity index (χ2v) is 11.7. The van der Waals surface area contributed by atoms with Gasteiger partial charge in [0.2, 0.25) is 21.8 Å². The number of amides is 2.